The van der Waals surface area contributed by atoms with Gasteiger partial charge in [-0.1, -0.05) is 54.6 Å². The number of benzene rings is 3. The monoisotopic (exact) mass is 403 g/mol. The average molecular weight is 403 g/mol. The van der Waals surface area contributed by atoms with E-state index in [2.05, 4.69) is 22.2 Å². The summed E-state index contributed by atoms with van der Waals surface area (Å²) in [6.45, 7) is 1.86. The van der Waals surface area contributed by atoms with Crippen molar-refractivity contribution < 1.29 is 24.2 Å². The molecule has 0 aromatic heterocycles. The van der Waals surface area contributed by atoms with Gasteiger partial charge >= 0.3 is 12.1 Å². The van der Waals surface area contributed by atoms with Crippen LogP contribution in [0.15, 0.2) is 60.7 Å². The van der Waals surface area contributed by atoms with E-state index >= 15 is 0 Å². The number of phenolic OH excluding ortho intramolecular Hbond substituents is 1. The van der Waals surface area contributed by atoms with Gasteiger partial charge in [-0.2, -0.15) is 0 Å². The second-order valence-corrected chi connectivity index (χ2v) is 7.10. The first-order valence-corrected chi connectivity index (χ1v) is 9.54. The standard InChI is InChI=1S/C24H21NO5/c1-14-11-12-19(23(27)29-2)22(26)21(14)25-24(28)30-13-20-17-9-5-3-7-15(17)16-8-4-6-10-18(16)20/h3-12,20,26H,13H2,1-2H3,(H,25,28). The lowest BCUT2D eigenvalue weighted by Gasteiger charge is -2.16. The SMILES string of the molecule is COC(=O)c1ccc(C)c(NC(=O)OCC2c3ccccc3-c3ccccc32)c1O. The number of hydrogen-bond acceptors (Lipinski definition) is 5. The van der Waals surface area contributed by atoms with E-state index in [1.165, 1.54) is 13.2 Å². The number of methoxy groups -OCH3 is 1. The van der Waals surface area contributed by atoms with Crippen LogP contribution in [-0.2, 0) is 9.47 Å². The Bertz CT molecular complexity index is 1090. The quantitative estimate of drug-likeness (QED) is 0.481. The van der Waals surface area contributed by atoms with E-state index in [9.17, 15) is 14.7 Å². The van der Waals surface area contributed by atoms with Gasteiger partial charge in [0.25, 0.3) is 0 Å². The number of hydrogen-bond donors (Lipinski definition) is 2. The van der Waals surface area contributed by atoms with Gasteiger partial charge in [0.15, 0.2) is 5.75 Å². The number of amides is 1. The molecule has 0 aliphatic heterocycles. The summed E-state index contributed by atoms with van der Waals surface area (Å²) >= 11 is 0. The lowest BCUT2D eigenvalue weighted by Crippen LogP contribution is -2.19. The van der Waals surface area contributed by atoms with Gasteiger partial charge < -0.3 is 14.6 Å². The maximum atomic E-state index is 12.5. The summed E-state index contributed by atoms with van der Waals surface area (Å²) in [7, 11) is 1.22. The van der Waals surface area contributed by atoms with Crippen molar-refractivity contribution in [2.75, 3.05) is 19.0 Å². The highest BCUT2D eigenvalue weighted by Crippen LogP contribution is 2.44. The highest BCUT2D eigenvalue weighted by atomic mass is 16.5. The fraction of sp³-hybridized carbons (Fsp3) is 0.167. The molecule has 0 saturated carbocycles. The summed E-state index contributed by atoms with van der Waals surface area (Å²) < 4.78 is 10.2. The first kappa shape index (κ1) is 19.5. The molecule has 0 bridgehead atoms. The van der Waals surface area contributed by atoms with Crippen LogP contribution in [0.5, 0.6) is 5.75 Å². The number of fused-ring (bicyclic) bond motifs is 3. The Kier molecular flexibility index (Phi) is 5.14. The van der Waals surface area contributed by atoms with E-state index in [0.717, 1.165) is 22.3 Å². The molecule has 6 heteroatoms. The normalized spacial score (nSPS) is 12.1. The molecule has 152 valence electrons. The molecule has 1 aliphatic rings. The fourth-order valence-electron chi connectivity index (χ4n) is 3.86. The van der Waals surface area contributed by atoms with Crippen LogP contribution in [0.3, 0.4) is 0 Å². The molecule has 3 aromatic rings. The zero-order valence-electron chi connectivity index (χ0n) is 16.6. The lowest BCUT2D eigenvalue weighted by atomic mass is 9.98. The summed E-state index contributed by atoms with van der Waals surface area (Å²) in [6, 6.07) is 19.2. The Morgan fingerprint density at radius 3 is 2.17 bits per heavy atom. The van der Waals surface area contributed by atoms with Crippen molar-refractivity contribution in [1.82, 2.24) is 0 Å². The minimum atomic E-state index is -0.711. The van der Waals surface area contributed by atoms with Crippen LogP contribution in [0.25, 0.3) is 11.1 Å². The first-order chi connectivity index (χ1) is 14.5. The van der Waals surface area contributed by atoms with Gasteiger partial charge in [0, 0.05) is 5.92 Å². The van der Waals surface area contributed by atoms with E-state index in [1.807, 2.05) is 36.4 Å². The Morgan fingerprint density at radius 1 is 0.967 bits per heavy atom. The van der Waals surface area contributed by atoms with Crippen LogP contribution in [-0.4, -0.2) is 30.9 Å². The highest BCUT2D eigenvalue weighted by Gasteiger charge is 2.29. The summed E-state index contributed by atoms with van der Waals surface area (Å²) in [5, 5.41) is 12.9. The molecule has 0 unspecified atom stereocenters. The van der Waals surface area contributed by atoms with Gasteiger partial charge in [0.1, 0.15) is 12.2 Å². The van der Waals surface area contributed by atoms with Crippen molar-refractivity contribution in [2.24, 2.45) is 0 Å². The van der Waals surface area contributed by atoms with Crippen LogP contribution in [0.4, 0.5) is 10.5 Å². The summed E-state index contributed by atoms with van der Waals surface area (Å²) in [5.41, 5.74) is 5.18. The summed E-state index contributed by atoms with van der Waals surface area (Å²) in [5.74, 6) is -1.11. The number of phenols is 1. The van der Waals surface area contributed by atoms with Gasteiger partial charge in [-0.3, -0.25) is 5.32 Å². The number of nitrogens with one attached hydrogen (secondary N) is 1. The highest BCUT2D eigenvalue weighted by molar-refractivity contribution is 5.98. The number of esters is 1. The van der Waals surface area contributed by atoms with Crippen molar-refractivity contribution in [3.8, 4) is 16.9 Å². The minimum Gasteiger partial charge on any atom is -0.505 e. The van der Waals surface area contributed by atoms with E-state index in [4.69, 9.17) is 4.74 Å². The molecule has 0 spiro atoms. The summed E-state index contributed by atoms with van der Waals surface area (Å²) in [4.78, 5) is 24.3. The Morgan fingerprint density at radius 2 is 1.57 bits per heavy atom. The zero-order valence-corrected chi connectivity index (χ0v) is 16.6. The molecule has 30 heavy (non-hydrogen) atoms. The number of carbonyl (C=O) groups excluding carboxylic acids is 2. The molecule has 0 radical (unpaired) electrons. The van der Waals surface area contributed by atoms with E-state index in [-0.39, 0.29) is 29.5 Å². The zero-order chi connectivity index (χ0) is 21.3. The molecule has 0 fully saturated rings. The number of aromatic hydroxyl groups is 1. The van der Waals surface area contributed by atoms with Crippen LogP contribution >= 0.6 is 0 Å². The first-order valence-electron chi connectivity index (χ1n) is 9.54. The number of carbonyl (C=O) groups is 2. The smallest absolute Gasteiger partial charge is 0.411 e. The second kappa shape index (κ2) is 7.91. The van der Waals surface area contributed by atoms with Crippen LogP contribution in [0.2, 0.25) is 0 Å². The van der Waals surface area contributed by atoms with Gasteiger partial charge in [-0.05, 0) is 40.8 Å². The molecule has 1 amide bonds. The Labute approximate surface area is 174 Å². The molecule has 0 atom stereocenters. The van der Waals surface area contributed by atoms with Gasteiger partial charge in [0.2, 0.25) is 0 Å². The lowest BCUT2D eigenvalue weighted by molar-refractivity contribution is 0.0597. The fourth-order valence-corrected chi connectivity index (χ4v) is 3.86. The molecule has 0 heterocycles. The van der Waals surface area contributed by atoms with Crippen molar-refractivity contribution in [1.29, 1.82) is 0 Å². The number of ether oxygens (including phenoxy) is 2. The van der Waals surface area contributed by atoms with Crippen molar-refractivity contribution in [3.63, 3.8) is 0 Å². The topological polar surface area (TPSA) is 84.9 Å². The number of rotatable bonds is 4. The predicted octanol–water partition coefficient (Wildman–Crippen LogP) is 4.85. The minimum absolute atomic E-state index is 0.0305. The average Bonchev–Trinajstić information content (AvgIpc) is 3.08. The Balaban J connectivity index is 1.52. The third-order valence-corrected chi connectivity index (χ3v) is 5.36. The molecular weight excluding hydrogens is 382 g/mol. The van der Waals surface area contributed by atoms with E-state index in [1.54, 1.807) is 13.0 Å². The van der Waals surface area contributed by atoms with Gasteiger partial charge in [-0.15, -0.1) is 0 Å². The van der Waals surface area contributed by atoms with E-state index < -0.39 is 12.1 Å². The molecule has 3 aromatic carbocycles. The number of aryl methyl sites for hydroxylation is 1. The maximum absolute atomic E-state index is 12.5. The maximum Gasteiger partial charge on any atom is 0.411 e. The third kappa shape index (κ3) is 3.37. The van der Waals surface area contributed by atoms with Crippen molar-refractivity contribution >= 4 is 17.7 Å². The molecule has 0 saturated heterocycles. The van der Waals surface area contributed by atoms with Crippen molar-refractivity contribution in [2.45, 2.75) is 12.8 Å². The van der Waals surface area contributed by atoms with Crippen molar-refractivity contribution in [3.05, 3.63) is 82.9 Å². The summed E-state index contributed by atoms with van der Waals surface area (Å²) in [6.07, 6.45) is -0.711. The van der Waals surface area contributed by atoms with E-state index in [0.29, 0.717) is 5.56 Å². The largest absolute Gasteiger partial charge is 0.505 e. The van der Waals surface area contributed by atoms with Gasteiger partial charge in [-0.25, -0.2) is 9.59 Å². The second-order valence-electron chi connectivity index (χ2n) is 7.10. The number of anilines is 1. The third-order valence-electron chi connectivity index (χ3n) is 5.36. The van der Waals surface area contributed by atoms with Crippen LogP contribution in [0, 0.1) is 6.92 Å². The Hall–Kier alpha value is -3.80. The van der Waals surface area contributed by atoms with Gasteiger partial charge in [0.05, 0.1) is 12.8 Å². The van der Waals surface area contributed by atoms with Crippen LogP contribution < -0.4 is 5.32 Å². The van der Waals surface area contributed by atoms with Crippen LogP contribution in [0.1, 0.15) is 33.0 Å². The molecule has 4 rings (SSSR count). The molecular formula is C24H21NO5. The molecule has 6 nitrogen and oxygen atoms in total. The molecule has 2 N–H and O–H groups in total. The molecule has 1 aliphatic carbocycles. The predicted molar refractivity (Wildman–Crippen MR) is 113 cm³/mol.